The minimum Gasteiger partial charge on any atom is -0.450 e. The first-order valence-electron chi connectivity index (χ1n) is 8.47. The van der Waals surface area contributed by atoms with Crippen molar-refractivity contribution in [3.63, 3.8) is 0 Å². The van der Waals surface area contributed by atoms with Crippen LogP contribution in [0, 0.1) is 0 Å². The second-order valence-corrected chi connectivity index (χ2v) is 6.01. The summed E-state index contributed by atoms with van der Waals surface area (Å²) in [4.78, 5) is 15.4. The van der Waals surface area contributed by atoms with Gasteiger partial charge in [-0.1, -0.05) is 0 Å². The van der Waals surface area contributed by atoms with E-state index in [-0.39, 0.29) is 6.09 Å². The number of aromatic nitrogens is 4. The number of piperazine rings is 1. The molecule has 146 valence electrons. The zero-order valence-electron chi connectivity index (χ0n) is 14.7. The fraction of sp³-hybridized carbons (Fsp3) is 0.500. The summed E-state index contributed by atoms with van der Waals surface area (Å²) in [5, 5.41) is 11.5. The van der Waals surface area contributed by atoms with Crippen molar-refractivity contribution in [1.29, 1.82) is 0 Å². The van der Waals surface area contributed by atoms with E-state index in [1.807, 2.05) is 0 Å². The smallest absolute Gasteiger partial charge is 0.416 e. The maximum atomic E-state index is 12.7. The summed E-state index contributed by atoms with van der Waals surface area (Å²) in [5.74, 6) is 0.513. The van der Waals surface area contributed by atoms with Crippen LogP contribution in [-0.4, -0.2) is 68.9 Å². The number of benzene rings is 1. The molecular weight excluding hydrogens is 365 g/mol. The predicted octanol–water partition coefficient (Wildman–Crippen LogP) is 1.96. The van der Waals surface area contributed by atoms with Gasteiger partial charge in [-0.25, -0.2) is 4.79 Å². The van der Waals surface area contributed by atoms with E-state index in [0.29, 0.717) is 50.8 Å². The fourth-order valence-corrected chi connectivity index (χ4v) is 2.80. The average Bonchev–Trinajstić information content (AvgIpc) is 3.10. The Kier molecular flexibility index (Phi) is 5.59. The van der Waals surface area contributed by atoms with E-state index < -0.39 is 11.7 Å². The lowest BCUT2D eigenvalue weighted by atomic mass is 10.2. The van der Waals surface area contributed by atoms with Crippen LogP contribution in [-0.2, 0) is 17.5 Å². The van der Waals surface area contributed by atoms with Crippen LogP contribution in [0.3, 0.4) is 0 Å². The second-order valence-electron chi connectivity index (χ2n) is 6.01. The van der Waals surface area contributed by atoms with E-state index in [1.165, 1.54) is 16.8 Å². The third-order valence-electron chi connectivity index (χ3n) is 4.24. The van der Waals surface area contributed by atoms with Crippen molar-refractivity contribution in [1.82, 2.24) is 30.0 Å². The lowest BCUT2D eigenvalue weighted by Crippen LogP contribution is -2.48. The number of amides is 1. The number of ether oxygens (including phenoxy) is 1. The molecule has 27 heavy (non-hydrogen) atoms. The largest absolute Gasteiger partial charge is 0.450 e. The highest BCUT2D eigenvalue weighted by atomic mass is 19.4. The third kappa shape index (κ3) is 4.54. The van der Waals surface area contributed by atoms with Crippen LogP contribution in [0.5, 0.6) is 0 Å². The molecule has 1 aliphatic heterocycles. The van der Waals surface area contributed by atoms with Crippen LogP contribution in [0.15, 0.2) is 24.3 Å². The Balaban J connectivity index is 1.64. The fourth-order valence-electron chi connectivity index (χ4n) is 2.80. The molecule has 0 aliphatic carbocycles. The highest BCUT2D eigenvalue weighted by Crippen LogP contribution is 2.29. The Morgan fingerprint density at radius 2 is 1.81 bits per heavy atom. The SMILES string of the molecule is CCOC(=O)N1CCN(Cc2nnnn2-c2ccc(C(F)(F)F)cc2)CC1. The molecule has 0 radical (unpaired) electrons. The summed E-state index contributed by atoms with van der Waals surface area (Å²) in [6, 6.07) is 4.67. The van der Waals surface area contributed by atoms with Gasteiger partial charge in [0, 0.05) is 26.2 Å². The Labute approximate surface area is 153 Å². The zero-order chi connectivity index (χ0) is 19.4. The van der Waals surface area contributed by atoms with Crippen LogP contribution in [0.2, 0.25) is 0 Å². The summed E-state index contributed by atoms with van der Waals surface area (Å²) >= 11 is 0. The topological polar surface area (TPSA) is 76.4 Å². The lowest BCUT2D eigenvalue weighted by molar-refractivity contribution is -0.137. The van der Waals surface area contributed by atoms with Crippen LogP contribution in [0.1, 0.15) is 18.3 Å². The number of hydrogen-bond acceptors (Lipinski definition) is 6. The minimum atomic E-state index is -4.39. The molecule has 0 unspecified atom stereocenters. The highest BCUT2D eigenvalue weighted by molar-refractivity contribution is 5.67. The molecule has 1 aliphatic rings. The minimum absolute atomic E-state index is 0.327. The Bertz CT molecular complexity index is 769. The number of hydrogen-bond donors (Lipinski definition) is 0. The number of rotatable bonds is 4. The molecule has 0 spiro atoms. The maximum Gasteiger partial charge on any atom is 0.416 e. The molecule has 2 aromatic rings. The van der Waals surface area contributed by atoms with Crippen molar-refractivity contribution < 1.29 is 22.7 Å². The Morgan fingerprint density at radius 3 is 2.41 bits per heavy atom. The van der Waals surface area contributed by atoms with Gasteiger partial charge in [-0.05, 0) is 41.6 Å². The molecule has 2 heterocycles. The Morgan fingerprint density at radius 1 is 1.15 bits per heavy atom. The number of tetrazole rings is 1. The second kappa shape index (κ2) is 7.91. The van der Waals surface area contributed by atoms with E-state index in [0.717, 1.165) is 12.1 Å². The first kappa shape index (κ1) is 19.1. The van der Waals surface area contributed by atoms with Gasteiger partial charge in [-0.2, -0.15) is 17.9 Å². The number of carbonyl (C=O) groups excluding carboxylic acids is 1. The summed E-state index contributed by atoms with van der Waals surface area (Å²) < 4.78 is 44.5. The molecule has 1 fully saturated rings. The molecule has 1 amide bonds. The van der Waals surface area contributed by atoms with Gasteiger partial charge < -0.3 is 9.64 Å². The van der Waals surface area contributed by atoms with Crippen molar-refractivity contribution in [3.05, 3.63) is 35.7 Å². The van der Waals surface area contributed by atoms with Gasteiger partial charge in [0.1, 0.15) is 0 Å². The first-order valence-corrected chi connectivity index (χ1v) is 8.47. The molecular formula is C16H19F3N6O2. The van der Waals surface area contributed by atoms with Gasteiger partial charge >= 0.3 is 12.3 Å². The molecule has 0 N–H and O–H groups in total. The van der Waals surface area contributed by atoms with Crippen LogP contribution in [0.25, 0.3) is 5.69 Å². The van der Waals surface area contributed by atoms with E-state index in [1.54, 1.807) is 11.8 Å². The molecule has 1 saturated heterocycles. The zero-order valence-corrected chi connectivity index (χ0v) is 14.7. The van der Waals surface area contributed by atoms with E-state index in [4.69, 9.17) is 4.74 Å². The maximum absolute atomic E-state index is 12.7. The van der Waals surface area contributed by atoms with Gasteiger partial charge in [0.25, 0.3) is 0 Å². The lowest BCUT2D eigenvalue weighted by Gasteiger charge is -2.33. The van der Waals surface area contributed by atoms with Crippen molar-refractivity contribution >= 4 is 6.09 Å². The van der Waals surface area contributed by atoms with E-state index in [9.17, 15) is 18.0 Å². The molecule has 1 aromatic heterocycles. The van der Waals surface area contributed by atoms with Crippen molar-refractivity contribution in [2.75, 3.05) is 32.8 Å². The van der Waals surface area contributed by atoms with Crippen molar-refractivity contribution in [2.24, 2.45) is 0 Å². The normalized spacial score (nSPS) is 15.8. The standard InChI is InChI=1S/C16H19F3N6O2/c1-2-27-15(26)24-9-7-23(8-10-24)11-14-20-21-22-25(14)13-5-3-12(4-6-13)16(17,18)19/h3-6H,2,7-11H2,1H3. The van der Waals surface area contributed by atoms with Gasteiger partial charge in [0.05, 0.1) is 24.4 Å². The summed E-state index contributed by atoms with van der Waals surface area (Å²) in [7, 11) is 0. The third-order valence-corrected chi connectivity index (χ3v) is 4.24. The molecule has 0 saturated carbocycles. The van der Waals surface area contributed by atoms with Crippen LogP contribution < -0.4 is 0 Å². The molecule has 3 rings (SSSR count). The predicted molar refractivity (Wildman–Crippen MR) is 88.0 cm³/mol. The number of alkyl halides is 3. The number of nitrogens with zero attached hydrogens (tertiary/aromatic N) is 6. The quantitative estimate of drug-likeness (QED) is 0.802. The van der Waals surface area contributed by atoms with Gasteiger partial charge in [0.2, 0.25) is 0 Å². The van der Waals surface area contributed by atoms with Gasteiger partial charge in [0.15, 0.2) is 5.82 Å². The number of halogens is 3. The summed E-state index contributed by atoms with van der Waals surface area (Å²) in [5.41, 5.74) is -0.274. The van der Waals surface area contributed by atoms with E-state index >= 15 is 0 Å². The van der Waals surface area contributed by atoms with Crippen molar-refractivity contribution in [2.45, 2.75) is 19.6 Å². The van der Waals surface area contributed by atoms with Crippen molar-refractivity contribution in [3.8, 4) is 5.69 Å². The Hall–Kier alpha value is -2.69. The van der Waals surface area contributed by atoms with Gasteiger partial charge in [-0.15, -0.1) is 5.10 Å². The summed E-state index contributed by atoms with van der Waals surface area (Å²) in [6.45, 7) is 4.82. The monoisotopic (exact) mass is 384 g/mol. The molecule has 11 heteroatoms. The van der Waals surface area contributed by atoms with Crippen LogP contribution in [0.4, 0.5) is 18.0 Å². The molecule has 8 nitrogen and oxygen atoms in total. The number of carbonyl (C=O) groups is 1. The van der Waals surface area contributed by atoms with Crippen LogP contribution >= 0.6 is 0 Å². The average molecular weight is 384 g/mol. The summed E-state index contributed by atoms with van der Waals surface area (Å²) in [6.07, 6.45) is -4.72. The highest BCUT2D eigenvalue weighted by Gasteiger charge is 2.30. The van der Waals surface area contributed by atoms with Gasteiger partial charge in [-0.3, -0.25) is 4.90 Å². The van der Waals surface area contributed by atoms with E-state index in [2.05, 4.69) is 20.4 Å². The molecule has 1 aromatic carbocycles. The first-order chi connectivity index (χ1) is 12.9. The molecule has 0 atom stereocenters. The molecule has 0 bridgehead atoms.